The first-order valence-electron chi connectivity index (χ1n) is 8.53. The normalized spacial score (nSPS) is 24.0. The number of nitrogens with zero attached hydrogens (tertiary/aromatic N) is 6. The number of halogens is 1. The van der Waals surface area contributed by atoms with Crippen molar-refractivity contribution in [2.24, 2.45) is 5.92 Å². The zero-order chi connectivity index (χ0) is 18.1. The van der Waals surface area contributed by atoms with Crippen molar-refractivity contribution in [3.05, 3.63) is 36.4 Å². The zero-order valence-corrected chi connectivity index (χ0v) is 14.0. The molecule has 4 heterocycles. The number of aromatic nitrogens is 5. The standard InChI is InChI=1S/C16H18FN7O2/c17-14-8-18-7-12(21-14)16(26)19-6-10-5-11-1-2-13(10)24(11)15(25)9-23-4-3-20-22-23/h3-4,7-8,10-11,13H,1-2,5-6,9H2,(H,19,26). The van der Waals surface area contributed by atoms with E-state index in [1.54, 1.807) is 12.4 Å². The van der Waals surface area contributed by atoms with Gasteiger partial charge in [0.15, 0.2) is 0 Å². The lowest BCUT2D eigenvalue weighted by atomic mass is 9.89. The summed E-state index contributed by atoms with van der Waals surface area (Å²) in [5.41, 5.74) is -0.0488. The summed E-state index contributed by atoms with van der Waals surface area (Å²) in [4.78, 5) is 33.8. The molecule has 2 aromatic heterocycles. The van der Waals surface area contributed by atoms with Crippen LogP contribution in [0.2, 0.25) is 0 Å². The van der Waals surface area contributed by atoms with Gasteiger partial charge >= 0.3 is 0 Å². The Kier molecular flexibility index (Phi) is 4.31. The summed E-state index contributed by atoms with van der Waals surface area (Å²) in [6.45, 7) is 0.594. The summed E-state index contributed by atoms with van der Waals surface area (Å²) in [7, 11) is 0. The fourth-order valence-electron chi connectivity index (χ4n) is 4.02. The van der Waals surface area contributed by atoms with Crippen LogP contribution < -0.4 is 5.32 Å². The minimum atomic E-state index is -0.789. The summed E-state index contributed by atoms with van der Waals surface area (Å²) in [6, 6.07) is 0.307. The third-order valence-corrected chi connectivity index (χ3v) is 5.09. The van der Waals surface area contributed by atoms with E-state index in [9.17, 15) is 14.0 Å². The Morgan fingerprint density at radius 3 is 2.96 bits per heavy atom. The van der Waals surface area contributed by atoms with Crippen LogP contribution in [0, 0.1) is 11.9 Å². The Hall–Kier alpha value is -2.91. The summed E-state index contributed by atoms with van der Waals surface area (Å²) >= 11 is 0. The van der Waals surface area contributed by atoms with Crippen LogP contribution in [0.4, 0.5) is 4.39 Å². The molecule has 2 bridgehead atoms. The number of hydrogen-bond acceptors (Lipinski definition) is 6. The van der Waals surface area contributed by atoms with Crippen LogP contribution >= 0.6 is 0 Å². The van der Waals surface area contributed by atoms with E-state index in [0.29, 0.717) is 6.54 Å². The van der Waals surface area contributed by atoms with Crippen molar-refractivity contribution in [1.29, 1.82) is 0 Å². The molecule has 0 spiro atoms. The zero-order valence-electron chi connectivity index (χ0n) is 14.0. The topological polar surface area (TPSA) is 106 Å². The molecule has 2 amide bonds. The largest absolute Gasteiger partial charge is 0.350 e. The summed E-state index contributed by atoms with van der Waals surface area (Å²) in [5.74, 6) is -1.05. The molecule has 3 unspecified atom stereocenters. The predicted octanol–water partition coefficient (Wildman–Crippen LogP) is 0.0167. The second-order valence-corrected chi connectivity index (χ2v) is 6.63. The average molecular weight is 359 g/mol. The third kappa shape index (κ3) is 3.14. The second kappa shape index (κ2) is 6.77. The minimum absolute atomic E-state index is 0.0211. The maximum atomic E-state index is 13.1. The van der Waals surface area contributed by atoms with Crippen LogP contribution in [0.5, 0.6) is 0 Å². The highest BCUT2D eigenvalue weighted by molar-refractivity contribution is 5.91. The monoisotopic (exact) mass is 359 g/mol. The molecule has 9 nitrogen and oxygen atoms in total. The summed E-state index contributed by atoms with van der Waals surface area (Å²) < 4.78 is 14.6. The minimum Gasteiger partial charge on any atom is -0.350 e. The van der Waals surface area contributed by atoms with Crippen LogP contribution in [0.25, 0.3) is 0 Å². The highest BCUT2D eigenvalue weighted by Crippen LogP contribution is 2.41. The fraction of sp³-hybridized carbons (Fsp3) is 0.500. The molecule has 2 aliphatic rings. The SMILES string of the molecule is O=C(NCC1CC2CCC1N2C(=O)Cn1ccnn1)c1cncc(F)n1. The predicted molar refractivity (Wildman–Crippen MR) is 86.1 cm³/mol. The van der Waals surface area contributed by atoms with Crippen LogP contribution in [0.3, 0.4) is 0 Å². The van der Waals surface area contributed by atoms with Crippen molar-refractivity contribution in [1.82, 2.24) is 35.2 Å². The first kappa shape index (κ1) is 16.6. The maximum Gasteiger partial charge on any atom is 0.271 e. The Bertz CT molecular complexity index is 813. The fourth-order valence-corrected chi connectivity index (χ4v) is 4.02. The molecule has 2 saturated heterocycles. The van der Waals surface area contributed by atoms with Crippen molar-refractivity contribution >= 4 is 11.8 Å². The Balaban J connectivity index is 1.36. The van der Waals surface area contributed by atoms with Gasteiger partial charge < -0.3 is 10.2 Å². The van der Waals surface area contributed by atoms with Crippen LogP contribution in [0.15, 0.2) is 24.8 Å². The van der Waals surface area contributed by atoms with Crippen molar-refractivity contribution < 1.29 is 14.0 Å². The number of rotatable bonds is 5. The first-order valence-corrected chi connectivity index (χ1v) is 8.53. The van der Waals surface area contributed by atoms with Crippen LogP contribution in [-0.4, -0.2) is 60.3 Å². The van der Waals surface area contributed by atoms with E-state index in [-0.39, 0.29) is 36.1 Å². The molecule has 1 N–H and O–H groups in total. The third-order valence-electron chi connectivity index (χ3n) is 5.09. The van der Waals surface area contributed by atoms with Gasteiger partial charge in [0.1, 0.15) is 12.2 Å². The molecule has 0 aromatic carbocycles. The van der Waals surface area contributed by atoms with Gasteiger partial charge in [-0.15, -0.1) is 5.10 Å². The van der Waals surface area contributed by atoms with Gasteiger partial charge in [0, 0.05) is 24.8 Å². The Labute approximate surface area is 148 Å². The quantitative estimate of drug-likeness (QED) is 0.807. The van der Waals surface area contributed by atoms with E-state index in [2.05, 4.69) is 25.6 Å². The van der Waals surface area contributed by atoms with Gasteiger partial charge in [0.25, 0.3) is 5.91 Å². The number of fused-ring (bicyclic) bond motifs is 2. The number of hydrogen-bond donors (Lipinski definition) is 1. The van der Waals surface area contributed by atoms with Gasteiger partial charge in [-0.3, -0.25) is 14.6 Å². The second-order valence-electron chi connectivity index (χ2n) is 6.63. The molecular formula is C16H18FN7O2. The lowest BCUT2D eigenvalue weighted by molar-refractivity contribution is -0.133. The smallest absolute Gasteiger partial charge is 0.271 e. The molecule has 0 saturated carbocycles. The lowest BCUT2D eigenvalue weighted by Crippen LogP contribution is -2.41. The van der Waals surface area contributed by atoms with E-state index >= 15 is 0 Å². The molecule has 2 aliphatic heterocycles. The van der Waals surface area contributed by atoms with Gasteiger partial charge in [0.05, 0.1) is 18.6 Å². The molecule has 26 heavy (non-hydrogen) atoms. The summed E-state index contributed by atoms with van der Waals surface area (Å²) in [5, 5.41) is 10.3. The van der Waals surface area contributed by atoms with Gasteiger partial charge in [-0.1, -0.05) is 5.21 Å². The molecule has 3 atom stereocenters. The maximum absolute atomic E-state index is 13.1. The van der Waals surface area contributed by atoms with E-state index in [0.717, 1.165) is 25.5 Å². The molecule has 0 radical (unpaired) electrons. The van der Waals surface area contributed by atoms with Gasteiger partial charge in [-0.25, -0.2) is 9.67 Å². The lowest BCUT2D eigenvalue weighted by Gasteiger charge is -2.24. The van der Waals surface area contributed by atoms with Crippen LogP contribution in [0.1, 0.15) is 29.8 Å². The van der Waals surface area contributed by atoms with Crippen molar-refractivity contribution in [2.75, 3.05) is 6.54 Å². The van der Waals surface area contributed by atoms with E-state index < -0.39 is 11.9 Å². The molecule has 4 rings (SSSR count). The van der Waals surface area contributed by atoms with E-state index in [4.69, 9.17) is 0 Å². The van der Waals surface area contributed by atoms with Crippen molar-refractivity contribution in [3.8, 4) is 0 Å². The number of nitrogens with one attached hydrogen (secondary N) is 1. The van der Waals surface area contributed by atoms with Crippen LogP contribution in [-0.2, 0) is 11.3 Å². The molecule has 10 heteroatoms. The number of amides is 2. The first-order chi connectivity index (χ1) is 12.6. The number of carbonyl (C=O) groups excluding carboxylic acids is 2. The van der Waals surface area contributed by atoms with E-state index in [1.165, 1.54) is 10.9 Å². The summed E-state index contributed by atoms with van der Waals surface area (Å²) in [6.07, 6.45) is 8.14. The van der Waals surface area contributed by atoms with Gasteiger partial charge in [0.2, 0.25) is 11.9 Å². The van der Waals surface area contributed by atoms with Gasteiger partial charge in [-0.05, 0) is 25.2 Å². The average Bonchev–Trinajstić information content (AvgIpc) is 3.35. The highest BCUT2D eigenvalue weighted by atomic mass is 19.1. The molecule has 2 aromatic rings. The Morgan fingerprint density at radius 2 is 2.19 bits per heavy atom. The number of carbonyl (C=O) groups is 2. The Morgan fingerprint density at radius 1 is 1.31 bits per heavy atom. The van der Waals surface area contributed by atoms with Crippen molar-refractivity contribution in [3.63, 3.8) is 0 Å². The van der Waals surface area contributed by atoms with Crippen molar-refractivity contribution in [2.45, 2.75) is 37.9 Å². The highest BCUT2D eigenvalue weighted by Gasteiger charge is 2.48. The van der Waals surface area contributed by atoms with Gasteiger partial charge in [-0.2, -0.15) is 4.39 Å². The molecule has 2 fully saturated rings. The molecular weight excluding hydrogens is 341 g/mol. The molecule has 136 valence electrons. The molecule has 0 aliphatic carbocycles. The van der Waals surface area contributed by atoms with E-state index in [1.807, 2.05) is 4.90 Å².